The fourth-order valence-corrected chi connectivity index (χ4v) is 6.28. The van der Waals surface area contributed by atoms with Crippen LogP contribution in [0.3, 0.4) is 0 Å². The van der Waals surface area contributed by atoms with Gasteiger partial charge in [-0.25, -0.2) is 9.59 Å². The first-order chi connectivity index (χ1) is 16.8. The first-order valence-electron chi connectivity index (χ1n) is 12.4. The summed E-state index contributed by atoms with van der Waals surface area (Å²) in [6, 6.07) is 15.6. The highest BCUT2D eigenvalue weighted by molar-refractivity contribution is 5.88. The van der Waals surface area contributed by atoms with Crippen LogP contribution in [0, 0.1) is 17.3 Å². The van der Waals surface area contributed by atoms with Gasteiger partial charge in [-0.1, -0.05) is 68.8 Å². The molecule has 2 amide bonds. The summed E-state index contributed by atoms with van der Waals surface area (Å²) < 4.78 is 5.63. The van der Waals surface area contributed by atoms with E-state index < -0.39 is 23.5 Å². The Morgan fingerprint density at radius 3 is 2.26 bits per heavy atom. The molecule has 0 bridgehead atoms. The quantitative estimate of drug-likeness (QED) is 0.649. The molecule has 1 unspecified atom stereocenters. The normalized spacial score (nSPS) is 24.3. The van der Waals surface area contributed by atoms with Crippen LogP contribution in [-0.2, 0) is 14.3 Å². The molecule has 1 heterocycles. The fraction of sp³-hybridized carbons (Fsp3) is 0.464. The number of carboxylic acid groups (broad SMARTS) is 1. The van der Waals surface area contributed by atoms with E-state index in [0.29, 0.717) is 13.1 Å². The van der Waals surface area contributed by atoms with Gasteiger partial charge in [-0.05, 0) is 41.0 Å². The zero-order chi connectivity index (χ0) is 24.7. The molecule has 0 spiro atoms. The van der Waals surface area contributed by atoms with Gasteiger partial charge in [0.15, 0.2) is 0 Å². The van der Waals surface area contributed by atoms with E-state index in [4.69, 9.17) is 4.74 Å². The number of rotatable bonds is 6. The smallest absolute Gasteiger partial charge is 0.407 e. The monoisotopic (exact) mass is 476 g/mol. The van der Waals surface area contributed by atoms with Crippen molar-refractivity contribution in [2.75, 3.05) is 19.7 Å². The lowest BCUT2D eigenvalue weighted by Crippen LogP contribution is -2.68. The lowest BCUT2D eigenvalue weighted by atomic mass is 9.74. The first-order valence-corrected chi connectivity index (χ1v) is 12.4. The van der Waals surface area contributed by atoms with Crippen molar-refractivity contribution in [3.8, 4) is 11.1 Å². The van der Waals surface area contributed by atoms with E-state index in [-0.39, 0.29) is 30.3 Å². The van der Waals surface area contributed by atoms with Crippen LogP contribution >= 0.6 is 0 Å². The van der Waals surface area contributed by atoms with Crippen LogP contribution in [0.2, 0.25) is 0 Å². The number of aliphatic carboxylic acids is 1. The average molecular weight is 477 g/mol. The Labute approximate surface area is 205 Å². The predicted molar refractivity (Wildman–Crippen MR) is 131 cm³/mol. The van der Waals surface area contributed by atoms with Crippen LogP contribution in [0.25, 0.3) is 11.1 Å². The number of carbonyl (C=O) groups is 3. The van der Waals surface area contributed by atoms with Gasteiger partial charge in [0.25, 0.3) is 0 Å². The molecule has 2 N–H and O–H groups in total. The molecule has 7 nitrogen and oxygen atoms in total. The summed E-state index contributed by atoms with van der Waals surface area (Å²) >= 11 is 0. The van der Waals surface area contributed by atoms with Gasteiger partial charge in [0.1, 0.15) is 12.6 Å². The number of amides is 2. The van der Waals surface area contributed by atoms with Crippen molar-refractivity contribution < 1.29 is 24.2 Å². The van der Waals surface area contributed by atoms with Crippen molar-refractivity contribution in [3.63, 3.8) is 0 Å². The second-order valence-corrected chi connectivity index (χ2v) is 10.7. The Hall–Kier alpha value is -3.35. The molecule has 5 rings (SSSR count). The number of fused-ring (bicyclic) bond motifs is 3. The molecule has 3 aliphatic rings. The number of ether oxygens (including phenoxy) is 1. The minimum Gasteiger partial charge on any atom is -0.480 e. The zero-order valence-electron chi connectivity index (χ0n) is 20.2. The van der Waals surface area contributed by atoms with Crippen LogP contribution in [0.15, 0.2) is 48.5 Å². The standard InChI is InChI=1S/C28H32N2O5/c1-28(2)16-30(24(28)26(32)33)25(31)18-13-7-8-17(18)14-29-27(34)35-15-23-21-11-5-3-9-19(21)20-10-4-6-12-22(20)23/h3-6,9-12,17-18,23-24H,7-8,13-16H2,1-2H3,(H,29,34)(H,32,33)/t17-,18-,24?/m1/s1. The van der Waals surface area contributed by atoms with Gasteiger partial charge in [-0.15, -0.1) is 0 Å². The molecule has 0 aromatic heterocycles. The number of carbonyl (C=O) groups excluding carboxylic acids is 2. The summed E-state index contributed by atoms with van der Waals surface area (Å²) in [7, 11) is 0. The van der Waals surface area contributed by atoms with Gasteiger partial charge in [0.05, 0.1) is 0 Å². The van der Waals surface area contributed by atoms with E-state index in [1.807, 2.05) is 38.1 Å². The molecule has 184 valence electrons. The van der Waals surface area contributed by atoms with E-state index in [1.165, 1.54) is 16.0 Å². The molecule has 1 saturated carbocycles. The molecular weight excluding hydrogens is 444 g/mol. The van der Waals surface area contributed by atoms with E-state index in [1.54, 1.807) is 0 Å². The Balaban J connectivity index is 1.17. The molecule has 0 radical (unpaired) electrons. The summed E-state index contributed by atoms with van der Waals surface area (Å²) in [5.74, 6) is -1.34. The van der Waals surface area contributed by atoms with Gasteiger partial charge in [0, 0.05) is 30.3 Å². The van der Waals surface area contributed by atoms with Gasteiger partial charge in [0.2, 0.25) is 5.91 Å². The molecule has 2 fully saturated rings. The Kier molecular flexibility index (Phi) is 6.03. The predicted octanol–water partition coefficient (Wildman–Crippen LogP) is 4.26. The molecule has 1 saturated heterocycles. The highest BCUT2D eigenvalue weighted by Crippen LogP contribution is 2.45. The van der Waals surface area contributed by atoms with Crippen LogP contribution in [0.4, 0.5) is 4.79 Å². The lowest BCUT2D eigenvalue weighted by Gasteiger charge is -2.52. The molecule has 2 aromatic rings. The van der Waals surface area contributed by atoms with Crippen molar-refractivity contribution in [2.24, 2.45) is 17.3 Å². The van der Waals surface area contributed by atoms with Gasteiger partial charge < -0.3 is 20.1 Å². The van der Waals surface area contributed by atoms with Crippen LogP contribution in [0.1, 0.15) is 50.2 Å². The van der Waals surface area contributed by atoms with Crippen molar-refractivity contribution >= 4 is 18.0 Å². The SMILES string of the molecule is CC1(C)CN(C(=O)[C@@H]2CCC[C@@H]2CNC(=O)OCC2c3ccccc3-c3ccccc32)C1C(=O)O. The average Bonchev–Trinajstić information content (AvgIpc) is 3.42. The second kappa shape index (κ2) is 9.02. The minimum absolute atomic E-state index is 0.00307. The van der Waals surface area contributed by atoms with Gasteiger partial charge in [-0.2, -0.15) is 0 Å². The minimum atomic E-state index is -0.957. The second-order valence-electron chi connectivity index (χ2n) is 10.7. The van der Waals surface area contributed by atoms with Crippen molar-refractivity contribution in [1.29, 1.82) is 0 Å². The number of likely N-dealkylation sites (tertiary alicyclic amines) is 1. The largest absolute Gasteiger partial charge is 0.480 e. The van der Waals surface area contributed by atoms with Crippen molar-refractivity contribution in [2.45, 2.75) is 45.1 Å². The number of hydrogen-bond acceptors (Lipinski definition) is 4. The molecule has 2 aromatic carbocycles. The maximum atomic E-state index is 13.1. The molecule has 1 aliphatic heterocycles. The number of nitrogens with one attached hydrogen (secondary N) is 1. The topological polar surface area (TPSA) is 95.9 Å². The lowest BCUT2D eigenvalue weighted by molar-refractivity contribution is -0.174. The van der Waals surface area contributed by atoms with E-state index >= 15 is 0 Å². The third-order valence-corrected chi connectivity index (χ3v) is 7.98. The fourth-order valence-electron chi connectivity index (χ4n) is 6.28. The van der Waals surface area contributed by atoms with Crippen LogP contribution in [-0.4, -0.2) is 53.7 Å². The Morgan fingerprint density at radius 2 is 1.66 bits per heavy atom. The Morgan fingerprint density at radius 1 is 1.03 bits per heavy atom. The first kappa shape index (κ1) is 23.4. The number of benzene rings is 2. The maximum Gasteiger partial charge on any atom is 0.407 e. The maximum absolute atomic E-state index is 13.1. The van der Waals surface area contributed by atoms with E-state index in [0.717, 1.165) is 30.4 Å². The number of alkyl carbamates (subject to hydrolysis) is 1. The zero-order valence-corrected chi connectivity index (χ0v) is 20.2. The molecular formula is C28H32N2O5. The molecule has 2 aliphatic carbocycles. The number of nitrogens with zero attached hydrogens (tertiary/aromatic N) is 1. The molecule has 3 atom stereocenters. The van der Waals surface area contributed by atoms with E-state index in [2.05, 4.69) is 29.6 Å². The third kappa shape index (κ3) is 4.17. The summed E-state index contributed by atoms with van der Waals surface area (Å²) in [4.78, 5) is 38.9. The highest BCUT2D eigenvalue weighted by Gasteiger charge is 2.54. The summed E-state index contributed by atoms with van der Waals surface area (Å²) in [6.07, 6.45) is 1.95. The summed E-state index contributed by atoms with van der Waals surface area (Å²) in [6.45, 7) is 4.80. The third-order valence-electron chi connectivity index (χ3n) is 7.98. The van der Waals surface area contributed by atoms with Gasteiger partial charge in [-0.3, -0.25) is 4.79 Å². The van der Waals surface area contributed by atoms with E-state index in [9.17, 15) is 19.5 Å². The van der Waals surface area contributed by atoms with Crippen LogP contribution in [0.5, 0.6) is 0 Å². The van der Waals surface area contributed by atoms with Gasteiger partial charge >= 0.3 is 12.1 Å². The molecule has 35 heavy (non-hydrogen) atoms. The van der Waals surface area contributed by atoms with Crippen molar-refractivity contribution in [3.05, 3.63) is 59.7 Å². The summed E-state index contributed by atoms with van der Waals surface area (Å²) in [5.41, 5.74) is 4.26. The number of carboxylic acids is 1. The summed E-state index contributed by atoms with van der Waals surface area (Å²) in [5, 5.41) is 12.4. The molecule has 7 heteroatoms. The van der Waals surface area contributed by atoms with Crippen molar-refractivity contribution in [1.82, 2.24) is 10.2 Å². The van der Waals surface area contributed by atoms with Crippen LogP contribution < -0.4 is 5.32 Å². The Bertz CT molecular complexity index is 1110. The highest BCUT2D eigenvalue weighted by atomic mass is 16.5. The number of hydrogen-bond donors (Lipinski definition) is 2.